The predicted molar refractivity (Wildman–Crippen MR) is 95.1 cm³/mol. The van der Waals surface area contributed by atoms with Crippen molar-refractivity contribution >= 4 is 23.0 Å². The van der Waals surface area contributed by atoms with Crippen molar-refractivity contribution in [2.24, 2.45) is 5.10 Å². The Morgan fingerprint density at radius 2 is 1.96 bits per heavy atom. The number of fused-ring (bicyclic) bond motifs is 2. The zero-order valence-corrected chi connectivity index (χ0v) is 13.7. The minimum atomic E-state index is -0.726. The molecule has 0 aliphatic carbocycles. The second-order valence-electron chi connectivity index (χ2n) is 5.81. The number of carbonyl (C=O) groups excluding carboxylic acids is 1. The molecule has 0 unspecified atom stereocenters. The highest BCUT2D eigenvalue weighted by Gasteiger charge is 2.27. The van der Waals surface area contributed by atoms with Crippen molar-refractivity contribution in [1.29, 1.82) is 0 Å². The van der Waals surface area contributed by atoms with Gasteiger partial charge in [-0.15, -0.1) is 0 Å². The second kappa shape index (κ2) is 6.32. The van der Waals surface area contributed by atoms with Gasteiger partial charge in [0, 0.05) is 22.2 Å². The van der Waals surface area contributed by atoms with Crippen molar-refractivity contribution in [3.8, 4) is 11.5 Å². The van der Waals surface area contributed by atoms with Gasteiger partial charge < -0.3 is 14.5 Å². The molecular weight excluding hydrogens is 318 g/mol. The van der Waals surface area contributed by atoms with Gasteiger partial charge in [0.1, 0.15) is 6.61 Å². The van der Waals surface area contributed by atoms with Crippen molar-refractivity contribution in [2.75, 3.05) is 6.61 Å². The van der Waals surface area contributed by atoms with Crippen LogP contribution in [0.25, 0.3) is 10.9 Å². The van der Waals surface area contributed by atoms with Gasteiger partial charge in [0.2, 0.25) is 6.10 Å². The van der Waals surface area contributed by atoms with Gasteiger partial charge in [0.05, 0.1) is 6.21 Å². The number of H-pyrrole nitrogens is 1. The number of hydrogen-bond donors (Lipinski definition) is 2. The van der Waals surface area contributed by atoms with Crippen LogP contribution in [-0.2, 0) is 4.79 Å². The standard InChI is InChI=1S/C19H17N3O3/c1-12-14(13-6-2-3-7-15(13)21-12)10-20-22-19(23)18-11-24-16-8-4-5-9-17(16)25-18/h2-10,18,21H,11H2,1H3,(H,22,23)/b20-10+/t18-/m0/s1. The Bertz CT molecular complexity index is 961. The van der Waals surface area contributed by atoms with Crippen LogP contribution in [-0.4, -0.2) is 29.8 Å². The first-order valence-corrected chi connectivity index (χ1v) is 8.01. The van der Waals surface area contributed by atoms with Crippen LogP contribution in [0.15, 0.2) is 53.6 Å². The number of aromatic nitrogens is 1. The van der Waals surface area contributed by atoms with Crippen LogP contribution in [0.3, 0.4) is 0 Å². The van der Waals surface area contributed by atoms with Gasteiger partial charge in [0.15, 0.2) is 11.5 Å². The van der Waals surface area contributed by atoms with Crippen molar-refractivity contribution in [2.45, 2.75) is 13.0 Å². The molecule has 2 heterocycles. The number of ether oxygens (including phenoxy) is 2. The van der Waals surface area contributed by atoms with E-state index < -0.39 is 6.10 Å². The normalized spacial score (nSPS) is 16.3. The number of carbonyl (C=O) groups is 1. The molecular formula is C19H17N3O3. The third kappa shape index (κ3) is 2.94. The summed E-state index contributed by atoms with van der Waals surface area (Å²) >= 11 is 0. The fourth-order valence-electron chi connectivity index (χ4n) is 2.85. The van der Waals surface area contributed by atoms with Gasteiger partial charge in [-0.3, -0.25) is 4.79 Å². The number of para-hydroxylation sites is 3. The second-order valence-corrected chi connectivity index (χ2v) is 5.81. The number of hydrazone groups is 1. The Morgan fingerprint density at radius 1 is 1.20 bits per heavy atom. The topological polar surface area (TPSA) is 75.7 Å². The molecule has 4 rings (SSSR count). The number of rotatable bonds is 3. The van der Waals surface area contributed by atoms with E-state index in [1.54, 1.807) is 18.3 Å². The average molecular weight is 335 g/mol. The largest absolute Gasteiger partial charge is 0.485 e. The number of nitrogens with zero attached hydrogens (tertiary/aromatic N) is 1. The highest BCUT2D eigenvalue weighted by molar-refractivity contribution is 6.00. The number of benzene rings is 2. The lowest BCUT2D eigenvalue weighted by atomic mass is 10.1. The summed E-state index contributed by atoms with van der Waals surface area (Å²) in [5.74, 6) is 0.859. The van der Waals surface area contributed by atoms with Crippen LogP contribution in [0.4, 0.5) is 0 Å². The third-order valence-corrected chi connectivity index (χ3v) is 4.11. The van der Waals surface area contributed by atoms with E-state index >= 15 is 0 Å². The van der Waals surface area contributed by atoms with E-state index in [9.17, 15) is 4.79 Å². The maximum absolute atomic E-state index is 12.2. The molecule has 6 nitrogen and oxygen atoms in total. The number of nitrogens with one attached hydrogen (secondary N) is 2. The predicted octanol–water partition coefficient (Wildman–Crippen LogP) is 2.77. The summed E-state index contributed by atoms with van der Waals surface area (Å²) in [6, 6.07) is 15.2. The van der Waals surface area contributed by atoms with Crippen molar-refractivity contribution < 1.29 is 14.3 Å². The molecule has 0 fully saturated rings. The Morgan fingerprint density at radius 3 is 2.84 bits per heavy atom. The van der Waals surface area contributed by atoms with E-state index in [2.05, 4.69) is 15.5 Å². The molecule has 2 N–H and O–H groups in total. The van der Waals surface area contributed by atoms with E-state index in [1.807, 2.05) is 43.3 Å². The molecule has 25 heavy (non-hydrogen) atoms. The summed E-state index contributed by atoms with van der Waals surface area (Å²) < 4.78 is 11.2. The van der Waals surface area contributed by atoms with Crippen LogP contribution in [0, 0.1) is 6.92 Å². The molecule has 0 saturated heterocycles. The quantitative estimate of drug-likeness (QED) is 0.571. The van der Waals surface area contributed by atoms with Gasteiger partial charge in [-0.25, -0.2) is 5.43 Å². The molecule has 126 valence electrons. The molecule has 0 spiro atoms. The third-order valence-electron chi connectivity index (χ3n) is 4.11. The number of aryl methyl sites for hydroxylation is 1. The first-order chi connectivity index (χ1) is 12.2. The molecule has 1 amide bonds. The van der Waals surface area contributed by atoms with E-state index in [4.69, 9.17) is 9.47 Å². The minimum Gasteiger partial charge on any atom is -0.485 e. The summed E-state index contributed by atoms with van der Waals surface area (Å²) in [6.45, 7) is 2.13. The van der Waals surface area contributed by atoms with Gasteiger partial charge in [-0.1, -0.05) is 30.3 Å². The molecule has 0 bridgehead atoms. The summed E-state index contributed by atoms with van der Waals surface area (Å²) in [6.07, 6.45) is 0.917. The molecule has 1 aromatic heterocycles. The Kier molecular flexibility index (Phi) is 3.85. The Hall–Kier alpha value is -3.28. The maximum Gasteiger partial charge on any atom is 0.284 e. The van der Waals surface area contributed by atoms with Crippen LogP contribution in [0.5, 0.6) is 11.5 Å². The zero-order valence-electron chi connectivity index (χ0n) is 13.7. The van der Waals surface area contributed by atoms with Crippen molar-refractivity contribution in [3.63, 3.8) is 0 Å². The van der Waals surface area contributed by atoms with Crippen molar-refractivity contribution in [1.82, 2.24) is 10.4 Å². The molecule has 0 radical (unpaired) electrons. The highest BCUT2D eigenvalue weighted by atomic mass is 16.6. The average Bonchev–Trinajstić information content (AvgIpc) is 2.96. The van der Waals surface area contributed by atoms with Crippen LogP contribution < -0.4 is 14.9 Å². The van der Waals surface area contributed by atoms with Crippen molar-refractivity contribution in [3.05, 3.63) is 59.8 Å². The summed E-state index contributed by atoms with van der Waals surface area (Å²) in [5, 5.41) is 5.14. The lowest BCUT2D eigenvalue weighted by molar-refractivity contribution is -0.130. The minimum absolute atomic E-state index is 0.157. The smallest absolute Gasteiger partial charge is 0.284 e. The number of amides is 1. The Balaban J connectivity index is 1.45. The van der Waals surface area contributed by atoms with Crippen LogP contribution >= 0.6 is 0 Å². The zero-order chi connectivity index (χ0) is 17.2. The van der Waals surface area contributed by atoms with Gasteiger partial charge in [-0.05, 0) is 25.1 Å². The summed E-state index contributed by atoms with van der Waals surface area (Å²) in [5.41, 5.74) is 5.50. The molecule has 3 aromatic rings. The van der Waals surface area contributed by atoms with Gasteiger partial charge >= 0.3 is 0 Å². The molecule has 0 saturated carbocycles. The molecule has 1 atom stereocenters. The maximum atomic E-state index is 12.2. The fraction of sp³-hybridized carbons (Fsp3) is 0.158. The SMILES string of the molecule is Cc1[nH]c2ccccc2c1/C=N/NC(=O)[C@@H]1COc2ccccc2O1. The van der Waals surface area contributed by atoms with E-state index in [-0.39, 0.29) is 12.5 Å². The van der Waals surface area contributed by atoms with Gasteiger partial charge in [-0.2, -0.15) is 5.10 Å². The molecule has 2 aromatic carbocycles. The fourth-order valence-corrected chi connectivity index (χ4v) is 2.85. The highest BCUT2D eigenvalue weighted by Crippen LogP contribution is 2.30. The summed E-state index contributed by atoms with van der Waals surface area (Å²) in [7, 11) is 0. The Labute approximate surface area is 144 Å². The van der Waals surface area contributed by atoms with E-state index in [0.717, 1.165) is 22.2 Å². The molecule has 1 aliphatic heterocycles. The molecule has 6 heteroatoms. The number of hydrogen-bond acceptors (Lipinski definition) is 4. The van der Waals surface area contributed by atoms with Crippen LogP contribution in [0.2, 0.25) is 0 Å². The van der Waals surface area contributed by atoms with E-state index in [0.29, 0.717) is 11.5 Å². The molecule has 1 aliphatic rings. The lowest BCUT2D eigenvalue weighted by Crippen LogP contribution is -2.42. The first-order valence-electron chi connectivity index (χ1n) is 8.01. The lowest BCUT2D eigenvalue weighted by Gasteiger charge is -2.24. The summed E-state index contributed by atoms with van der Waals surface area (Å²) in [4.78, 5) is 15.5. The first kappa shape index (κ1) is 15.3. The van der Waals surface area contributed by atoms with Gasteiger partial charge in [0.25, 0.3) is 5.91 Å². The number of aromatic amines is 1. The van der Waals surface area contributed by atoms with E-state index in [1.165, 1.54) is 0 Å². The van der Waals surface area contributed by atoms with Crippen LogP contribution in [0.1, 0.15) is 11.3 Å². The monoisotopic (exact) mass is 335 g/mol.